The number of rotatable bonds is 1. The number of aliphatic hydroxyl groups is 2. The van der Waals surface area contributed by atoms with Crippen LogP contribution in [0.3, 0.4) is 0 Å². The van der Waals surface area contributed by atoms with E-state index in [1.807, 2.05) is 0 Å². The molecule has 0 bridgehead atoms. The highest BCUT2D eigenvalue weighted by molar-refractivity contribution is 5.26. The molecule has 11 atom stereocenters. The summed E-state index contributed by atoms with van der Waals surface area (Å²) in [6, 6.07) is 0. The van der Waals surface area contributed by atoms with E-state index in [1.165, 1.54) is 63.4 Å². The lowest BCUT2D eigenvalue weighted by atomic mass is 9.30. The molecule has 6 aliphatic carbocycles. The van der Waals surface area contributed by atoms with E-state index in [1.54, 1.807) is 0 Å². The topological polar surface area (TPSA) is 40.5 Å². The van der Waals surface area contributed by atoms with Gasteiger partial charge in [-0.25, -0.2) is 0 Å². The van der Waals surface area contributed by atoms with Gasteiger partial charge in [-0.15, -0.1) is 0 Å². The van der Waals surface area contributed by atoms with Crippen LogP contribution in [0.1, 0.15) is 98.8 Å². The molecule has 6 aliphatic rings. The molecule has 0 saturated heterocycles. The zero-order chi connectivity index (χ0) is 22.9. The first-order valence-electron chi connectivity index (χ1n) is 13.9. The van der Waals surface area contributed by atoms with Crippen molar-refractivity contribution in [1.82, 2.24) is 0 Å². The third kappa shape index (κ3) is 2.31. The van der Waals surface area contributed by atoms with Crippen LogP contribution in [0.4, 0.5) is 0 Å². The van der Waals surface area contributed by atoms with Gasteiger partial charge in [0.1, 0.15) is 0 Å². The minimum atomic E-state index is -0.148. The molecular weight excluding hydrogens is 392 g/mol. The Morgan fingerprint density at radius 2 is 1.59 bits per heavy atom. The van der Waals surface area contributed by atoms with E-state index in [2.05, 4.69) is 41.2 Å². The third-order valence-corrected chi connectivity index (χ3v) is 14.1. The van der Waals surface area contributed by atoms with Crippen LogP contribution in [0.15, 0.2) is 12.2 Å². The molecule has 6 fully saturated rings. The molecule has 0 amide bonds. The van der Waals surface area contributed by atoms with E-state index in [4.69, 9.17) is 0 Å². The predicted molar refractivity (Wildman–Crippen MR) is 130 cm³/mol. The van der Waals surface area contributed by atoms with Crippen molar-refractivity contribution < 1.29 is 10.2 Å². The molecule has 0 aromatic heterocycles. The molecule has 180 valence electrons. The standard InChI is InChI=1S/C30H48O2/c1-18-15-19-16-22-27(4)10-9-23(32)26(2,3)21(27)8-11-28(22,5)29(6)13-14-30(17-31)12-7-20(18)25(30)24(19)29/h19-25,31-32H,1,7-17H2,2-6H3. The molecule has 2 heteroatoms. The lowest BCUT2D eigenvalue weighted by Gasteiger charge is -2.75. The summed E-state index contributed by atoms with van der Waals surface area (Å²) >= 11 is 0. The normalized spacial score (nSPS) is 60.3. The second kappa shape index (κ2) is 6.45. The summed E-state index contributed by atoms with van der Waals surface area (Å²) in [5, 5.41) is 21.6. The molecule has 0 radical (unpaired) electrons. The Morgan fingerprint density at radius 3 is 2.31 bits per heavy atom. The fraction of sp³-hybridized carbons (Fsp3) is 0.933. The zero-order valence-electron chi connectivity index (χ0n) is 21.4. The van der Waals surface area contributed by atoms with Crippen molar-refractivity contribution in [3.8, 4) is 0 Å². The molecule has 6 saturated carbocycles. The highest BCUT2D eigenvalue weighted by atomic mass is 16.3. The van der Waals surface area contributed by atoms with Crippen molar-refractivity contribution in [2.24, 2.45) is 62.6 Å². The van der Waals surface area contributed by atoms with Crippen LogP contribution in [0, 0.1) is 62.6 Å². The second-order valence-electron chi connectivity index (χ2n) is 14.9. The summed E-state index contributed by atoms with van der Waals surface area (Å²) < 4.78 is 0. The van der Waals surface area contributed by atoms with Crippen molar-refractivity contribution in [2.75, 3.05) is 6.61 Å². The van der Waals surface area contributed by atoms with Gasteiger partial charge in [-0.2, -0.15) is 0 Å². The minimum absolute atomic E-state index is 0.0252. The summed E-state index contributed by atoms with van der Waals surface area (Å²) in [7, 11) is 0. The Morgan fingerprint density at radius 1 is 0.844 bits per heavy atom. The summed E-state index contributed by atoms with van der Waals surface area (Å²) in [5.41, 5.74) is 2.82. The first kappa shape index (κ1) is 22.1. The van der Waals surface area contributed by atoms with Gasteiger partial charge >= 0.3 is 0 Å². The predicted octanol–water partition coefficient (Wildman–Crippen LogP) is 6.61. The molecule has 0 spiro atoms. The van der Waals surface area contributed by atoms with E-state index in [0.29, 0.717) is 40.6 Å². The molecule has 0 aromatic rings. The van der Waals surface area contributed by atoms with E-state index in [9.17, 15) is 10.2 Å². The van der Waals surface area contributed by atoms with Crippen molar-refractivity contribution in [1.29, 1.82) is 0 Å². The number of allylic oxidation sites excluding steroid dienone is 1. The van der Waals surface area contributed by atoms with Gasteiger partial charge in [0.2, 0.25) is 0 Å². The zero-order valence-corrected chi connectivity index (χ0v) is 21.4. The number of fused-ring (bicyclic) bond motifs is 4. The van der Waals surface area contributed by atoms with Gasteiger partial charge in [0.15, 0.2) is 0 Å². The molecule has 2 N–H and O–H groups in total. The smallest absolute Gasteiger partial charge is 0.0594 e. The van der Waals surface area contributed by atoms with Crippen molar-refractivity contribution in [3.63, 3.8) is 0 Å². The van der Waals surface area contributed by atoms with Crippen LogP contribution >= 0.6 is 0 Å². The van der Waals surface area contributed by atoms with E-state index in [0.717, 1.165) is 24.2 Å². The van der Waals surface area contributed by atoms with Gasteiger partial charge in [0.25, 0.3) is 0 Å². The average molecular weight is 441 g/mol. The molecule has 0 heterocycles. The van der Waals surface area contributed by atoms with E-state index >= 15 is 0 Å². The molecule has 6 rings (SSSR count). The van der Waals surface area contributed by atoms with Gasteiger partial charge < -0.3 is 10.2 Å². The fourth-order valence-electron chi connectivity index (χ4n) is 12.3. The second-order valence-corrected chi connectivity index (χ2v) is 14.9. The van der Waals surface area contributed by atoms with Crippen molar-refractivity contribution in [2.45, 2.75) is 105 Å². The Labute approximate surface area is 196 Å². The fourth-order valence-corrected chi connectivity index (χ4v) is 12.3. The molecule has 11 unspecified atom stereocenters. The van der Waals surface area contributed by atoms with Gasteiger partial charge in [0, 0.05) is 6.61 Å². The molecule has 0 aliphatic heterocycles. The van der Waals surface area contributed by atoms with Gasteiger partial charge in [0.05, 0.1) is 6.10 Å². The SMILES string of the molecule is C=C1CC2CC3C4(C)CCC(O)C(C)(C)C4CCC3(C)C3(C)CCC4(CO)CCC1C4C23. The largest absolute Gasteiger partial charge is 0.396 e. The quantitative estimate of drug-likeness (QED) is 0.451. The van der Waals surface area contributed by atoms with Crippen LogP contribution < -0.4 is 0 Å². The summed E-state index contributed by atoms with van der Waals surface area (Å²) in [6.07, 6.45) is 12.3. The maximum absolute atomic E-state index is 11.0. The van der Waals surface area contributed by atoms with Crippen LogP contribution in [0.2, 0.25) is 0 Å². The maximum Gasteiger partial charge on any atom is 0.0594 e. The number of hydrogen-bond acceptors (Lipinski definition) is 2. The highest BCUT2D eigenvalue weighted by Gasteiger charge is 2.73. The van der Waals surface area contributed by atoms with E-state index < -0.39 is 0 Å². The maximum atomic E-state index is 11.0. The third-order valence-electron chi connectivity index (χ3n) is 14.1. The van der Waals surface area contributed by atoms with Gasteiger partial charge in [-0.1, -0.05) is 46.8 Å². The van der Waals surface area contributed by atoms with Crippen LogP contribution in [-0.4, -0.2) is 22.9 Å². The first-order chi connectivity index (χ1) is 14.9. The Bertz CT molecular complexity index is 831. The first-order valence-corrected chi connectivity index (χ1v) is 13.9. The monoisotopic (exact) mass is 440 g/mol. The average Bonchev–Trinajstić information content (AvgIpc) is 3.13. The van der Waals surface area contributed by atoms with Crippen molar-refractivity contribution >= 4 is 0 Å². The number of aliphatic hydroxyl groups excluding tert-OH is 2. The van der Waals surface area contributed by atoms with Crippen LogP contribution in [0.25, 0.3) is 0 Å². The van der Waals surface area contributed by atoms with Crippen LogP contribution in [0.5, 0.6) is 0 Å². The number of hydrogen-bond donors (Lipinski definition) is 2. The Hall–Kier alpha value is -0.340. The summed E-state index contributed by atoms with van der Waals surface area (Å²) in [4.78, 5) is 0. The van der Waals surface area contributed by atoms with Gasteiger partial charge in [-0.05, 0) is 127 Å². The van der Waals surface area contributed by atoms with E-state index in [-0.39, 0.29) is 16.9 Å². The molecule has 2 nitrogen and oxygen atoms in total. The summed E-state index contributed by atoms with van der Waals surface area (Å²) in [5.74, 6) is 4.23. The lowest BCUT2D eigenvalue weighted by Crippen LogP contribution is -2.69. The minimum Gasteiger partial charge on any atom is -0.396 e. The molecular formula is C30H48O2. The Kier molecular flexibility index (Phi) is 4.46. The Balaban J connectivity index is 1.46. The highest BCUT2D eigenvalue weighted by Crippen LogP contribution is 2.79. The lowest BCUT2D eigenvalue weighted by molar-refractivity contribution is -0.268. The molecule has 32 heavy (non-hydrogen) atoms. The van der Waals surface area contributed by atoms with Crippen LogP contribution in [-0.2, 0) is 0 Å². The van der Waals surface area contributed by atoms with Crippen molar-refractivity contribution in [3.05, 3.63) is 12.2 Å². The molecule has 0 aromatic carbocycles. The summed E-state index contributed by atoms with van der Waals surface area (Å²) in [6.45, 7) is 17.8. The van der Waals surface area contributed by atoms with Gasteiger partial charge in [-0.3, -0.25) is 0 Å².